The summed E-state index contributed by atoms with van der Waals surface area (Å²) in [5, 5.41) is 13.0. The van der Waals surface area contributed by atoms with E-state index in [0.717, 1.165) is 18.1 Å². The molecule has 1 unspecified atom stereocenters. The molecule has 1 aliphatic rings. The van der Waals surface area contributed by atoms with Crippen LogP contribution in [-0.2, 0) is 28.9 Å². The Labute approximate surface area is 219 Å². The number of ketones is 1. The number of aromatic hydroxyl groups is 1. The van der Waals surface area contributed by atoms with Crippen LogP contribution in [-0.4, -0.2) is 41.7 Å². The van der Waals surface area contributed by atoms with Crippen molar-refractivity contribution >= 4 is 11.8 Å². The SMILES string of the molecule is CCc1cccc(CNC[C@@H](OC(=O)C2CC(=O)c3ccc(O)cc3O2)[C@@H](N)Cc2cc(F)cc(F)c2)c1. The number of esters is 1. The minimum Gasteiger partial charge on any atom is -0.508 e. The molecule has 38 heavy (non-hydrogen) atoms. The second-order valence-corrected chi connectivity index (χ2v) is 9.34. The standard InChI is InChI=1S/C29H30F2N2O5/c1-2-17-4-3-5-18(8-17)15-33-16-28(24(32)11-19-9-20(30)12-21(31)10-19)38-29(36)27-14-25(35)23-7-6-22(34)13-26(23)37-27/h3-10,12-13,24,27-28,33-34H,2,11,14-16,32H2,1H3/t24-,27?,28+/m0/s1. The number of benzene rings is 3. The van der Waals surface area contributed by atoms with E-state index in [1.807, 2.05) is 18.2 Å². The smallest absolute Gasteiger partial charge is 0.348 e. The molecule has 0 aromatic heterocycles. The molecule has 3 aromatic carbocycles. The number of carbonyl (C=O) groups excluding carboxylic acids is 2. The Morgan fingerprint density at radius 1 is 1.11 bits per heavy atom. The van der Waals surface area contributed by atoms with Crippen LogP contribution in [0.25, 0.3) is 0 Å². The van der Waals surface area contributed by atoms with Gasteiger partial charge in [0, 0.05) is 31.3 Å². The molecule has 9 heteroatoms. The van der Waals surface area contributed by atoms with Gasteiger partial charge in [-0.25, -0.2) is 13.6 Å². The van der Waals surface area contributed by atoms with Gasteiger partial charge in [-0.3, -0.25) is 4.79 Å². The molecule has 0 radical (unpaired) electrons. The van der Waals surface area contributed by atoms with E-state index in [2.05, 4.69) is 18.3 Å². The molecular weight excluding hydrogens is 494 g/mol. The van der Waals surface area contributed by atoms with Crippen LogP contribution in [0, 0.1) is 11.6 Å². The maximum absolute atomic E-state index is 13.7. The van der Waals surface area contributed by atoms with Crippen molar-refractivity contribution in [3.8, 4) is 11.5 Å². The van der Waals surface area contributed by atoms with Crippen molar-refractivity contribution in [3.63, 3.8) is 0 Å². The zero-order valence-electron chi connectivity index (χ0n) is 21.0. The average Bonchev–Trinajstić information content (AvgIpc) is 2.87. The van der Waals surface area contributed by atoms with Crippen LogP contribution >= 0.6 is 0 Å². The number of rotatable bonds is 10. The van der Waals surface area contributed by atoms with Crippen LogP contribution in [0.5, 0.6) is 11.5 Å². The second-order valence-electron chi connectivity index (χ2n) is 9.34. The molecule has 3 atom stereocenters. The second kappa shape index (κ2) is 12.1. The Bertz CT molecular complexity index is 1300. The van der Waals surface area contributed by atoms with Crippen molar-refractivity contribution in [2.45, 2.75) is 51.0 Å². The molecule has 7 nitrogen and oxygen atoms in total. The topological polar surface area (TPSA) is 111 Å². The predicted molar refractivity (Wildman–Crippen MR) is 137 cm³/mol. The van der Waals surface area contributed by atoms with Crippen LogP contribution in [0.1, 0.15) is 40.4 Å². The number of nitrogens with one attached hydrogen (secondary N) is 1. The highest BCUT2D eigenvalue weighted by Gasteiger charge is 2.35. The van der Waals surface area contributed by atoms with Crippen LogP contribution in [0.3, 0.4) is 0 Å². The largest absolute Gasteiger partial charge is 0.508 e. The van der Waals surface area contributed by atoms with Crippen molar-refractivity contribution in [2.75, 3.05) is 6.54 Å². The molecule has 1 heterocycles. The van der Waals surface area contributed by atoms with E-state index in [-0.39, 0.29) is 42.2 Å². The van der Waals surface area contributed by atoms with Gasteiger partial charge in [0.2, 0.25) is 6.10 Å². The Kier molecular flexibility index (Phi) is 8.70. The third-order valence-electron chi connectivity index (χ3n) is 6.38. The van der Waals surface area contributed by atoms with Gasteiger partial charge in [-0.15, -0.1) is 0 Å². The molecule has 4 rings (SSSR count). The summed E-state index contributed by atoms with van der Waals surface area (Å²) in [5.74, 6) is -2.60. The van der Waals surface area contributed by atoms with Crippen molar-refractivity contribution in [1.82, 2.24) is 5.32 Å². The van der Waals surface area contributed by atoms with Gasteiger partial charge >= 0.3 is 5.97 Å². The lowest BCUT2D eigenvalue weighted by atomic mass is 9.99. The van der Waals surface area contributed by atoms with E-state index in [0.29, 0.717) is 12.1 Å². The van der Waals surface area contributed by atoms with Crippen molar-refractivity contribution in [1.29, 1.82) is 0 Å². The van der Waals surface area contributed by atoms with Crippen LogP contribution < -0.4 is 15.8 Å². The molecule has 3 aromatic rings. The summed E-state index contributed by atoms with van der Waals surface area (Å²) in [6, 6.07) is 14.4. The number of phenols is 1. The molecule has 0 spiro atoms. The number of aryl methyl sites for hydroxylation is 1. The van der Waals surface area contributed by atoms with Gasteiger partial charge in [0.1, 0.15) is 29.2 Å². The quantitative estimate of drug-likeness (QED) is 0.346. The first kappa shape index (κ1) is 27.2. The van der Waals surface area contributed by atoms with Gasteiger partial charge in [-0.05, 0) is 53.8 Å². The number of phenolic OH excluding ortho intramolecular Hbond substituents is 1. The molecule has 0 saturated carbocycles. The molecule has 0 fully saturated rings. The Morgan fingerprint density at radius 2 is 1.84 bits per heavy atom. The molecule has 0 bridgehead atoms. The summed E-state index contributed by atoms with van der Waals surface area (Å²) in [5.41, 5.74) is 9.18. The number of nitrogens with two attached hydrogens (primary N) is 1. The number of halogens is 2. The zero-order chi connectivity index (χ0) is 27.2. The first-order chi connectivity index (χ1) is 18.2. The van der Waals surface area contributed by atoms with Gasteiger partial charge < -0.3 is 25.6 Å². The fourth-order valence-electron chi connectivity index (χ4n) is 4.40. The summed E-state index contributed by atoms with van der Waals surface area (Å²) in [6.07, 6.45) is -1.41. The first-order valence-corrected chi connectivity index (χ1v) is 12.4. The van der Waals surface area contributed by atoms with Crippen LogP contribution in [0.2, 0.25) is 0 Å². The van der Waals surface area contributed by atoms with Gasteiger partial charge in [0.15, 0.2) is 5.78 Å². The lowest BCUT2D eigenvalue weighted by Gasteiger charge is -2.29. The number of Topliss-reactive ketones (excluding diaryl/α,β-unsaturated/α-hetero) is 1. The molecule has 4 N–H and O–H groups in total. The zero-order valence-corrected chi connectivity index (χ0v) is 21.0. The summed E-state index contributed by atoms with van der Waals surface area (Å²) >= 11 is 0. The van der Waals surface area contributed by atoms with Crippen LogP contribution in [0.4, 0.5) is 8.78 Å². The van der Waals surface area contributed by atoms with E-state index in [1.54, 1.807) is 0 Å². The van der Waals surface area contributed by atoms with E-state index in [9.17, 15) is 23.5 Å². The van der Waals surface area contributed by atoms with Gasteiger partial charge in [0.05, 0.1) is 12.0 Å². The first-order valence-electron chi connectivity index (χ1n) is 12.4. The highest BCUT2D eigenvalue weighted by molar-refractivity contribution is 6.02. The van der Waals surface area contributed by atoms with Gasteiger partial charge in [0.25, 0.3) is 0 Å². The molecule has 0 saturated heterocycles. The number of hydrogen-bond donors (Lipinski definition) is 3. The van der Waals surface area contributed by atoms with Gasteiger partial charge in [-0.2, -0.15) is 0 Å². The summed E-state index contributed by atoms with van der Waals surface area (Å²) in [7, 11) is 0. The average molecular weight is 525 g/mol. The fraction of sp³-hybridized carbons (Fsp3) is 0.310. The normalized spacial score (nSPS) is 16.3. The van der Waals surface area contributed by atoms with Crippen molar-refractivity contribution in [3.05, 3.63) is 94.6 Å². The summed E-state index contributed by atoms with van der Waals surface area (Å²) < 4.78 is 38.8. The highest BCUT2D eigenvalue weighted by Crippen LogP contribution is 2.31. The monoisotopic (exact) mass is 524 g/mol. The number of carbonyl (C=O) groups is 2. The number of hydrogen-bond acceptors (Lipinski definition) is 7. The molecular formula is C29H30F2N2O5. The number of ether oxygens (including phenoxy) is 2. The lowest BCUT2D eigenvalue weighted by Crippen LogP contribution is -2.48. The van der Waals surface area contributed by atoms with Crippen LogP contribution in [0.15, 0.2) is 60.7 Å². The highest BCUT2D eigenvalue weighted by atomic mass is 19.1. The van der Waals surface area contributed by atoms with E-state index >= 15 is 0 Å². The third-order valence-corrected chi connectivity index (χ3v) is 6.38. The summed E-state index contributed by atoms with van der Waals surface area (Å²) in [6.45, 7) is 2.70. The van der Waals surface area contributed by atoms with E-state index in [1.165, 1.54) is 35.9 Å². The minimum atomic E-state index is -1.22. The molecule has 0 aliphatic carbocycles. The predicted octanol–water partition coefficient (Wildman–Crippen LogP) is 3.84. The summed E-state index contributed by atoms with van der Waals surface area (Å²) in [4.78, 5) is 25.6. The number of fused-ring (bicyclic) bond motifs is 1. The Morgan fingerprint density at radius 3 is 2.58 bits per heavy atom. The van der Waals surface area contributed by atoms with E-state index in [4.69, 9.17) is 15.2 Å². The Hall–Kier alpha value is -3.82. The minimum absolute atomic E-state index is 0.0424. The van der Waals surface area contributed by atoms with Crippen molar-refractivity contribution in [2.24, 2.45) is 5.73 Å². The fourth-order valence-corrected chi connectivity index (χ4v) is 4.40. The third kappa shape index (κ3) is 6.93. The van der Waals surface area contributed by atoms with E-state index < -0.39 is 35.9 Å². The molecule has 0 amide bonds. The van der Waals surface area contributed by atoms with Crippen molar-refractivity contribution < 1.29 is 33.0 Å². The lowest BCUT2D eigenvalue weighted by molar-refractivity contribution is -0.158. The maximum atomic E-state index is 13.7. The Balaban J connectivity index is 1.47. The molecule has 200 valence electrons. The maximum Gasteiger partial charge on any atom is 0.348 e. The molecule has 1 aliphatic heterocycles. The van der Waals surface area contributed by atoms with Gasteiger partial charge in [-0.1, -0.05) is 31.2 Å².